The van der Waals surface area contributed by atoms with Gasteiger partial charge in [0.1, 0.15) is 10.6 Å². The summed E-state index contributed by atoms with van der Waals surface area (Å²) in [5, 5.41) is 0.367. The van der Waals surface area contributed by atoms with Crippen LogP contribution in [0.4, 0.5) is 0 Å². The van der Waals surface area contributed by atoms with Gasteiger partial charge in [-0.25, -0.2) is 13.1 Å². The van der Waals surface area contributed by atoms with Crippen molar-refractivity contribution in [1.82, 2.24) is 9.62 Å². The van der Waals surface area contributed by atoms with Gasteiger partial charge in [-0.2, -0.15) is 0 Å². The van der Waals surface area contributed by atoms with Gasteiger partial charge in [-0.3, -0.25) is 0 Å². The van der Waals surface area contributed by atoms with Gasteiger partial charge < -0.3 is 9.64 Å². The molecule has 1 unspecified atom stereocenters. The van der Waals surface area contributed by atoms with Gasteiger partial charge in [0.25, 0.3) is 0 Å². The molecule has 1 N–H and O–H groups in total. The number of hydrogen-bond acceptors (Lipinski definition) is 4. The number of rotatable bonds is 5. The molecule has 2 rings (SSSR count). The molecular formula is C13H19ClN2O3S. The lowest BCUT2D eigenvalue weighted by atomic mass is 10.1. The molecule has 0 aliphatic carbocycles. The second kappa shape index (κ2) is 6.30. The molecule has 1 atom stereocenters. The summed E-state index contributed by atoms with van der Waals surface area (Å²) in [6.07, 6.45) is 1.01. The second-order valence-corrected chi connectivity index (χ2v) is 7.24. The fourth-order valence-electron chi connectivity index (χ4n) is 2.36. The van der Waals surface area contributed by atoms with Crippen molar-refractivity contribution in [2.24, 2.45) is 5.92 Å². The average molecular weight is 319 g/mol. The van der Waals surface area contributed by atoms with Crippen LogP contribution in [0.5, 0.6) is 5.75 Å². The van der Waals surface area contributed by atoms with Crippen molar-refractivity contribution >= 4 is 21.6 Å². The Morgan fingerprint density at radius 2 is 2.25 bits per heavy atom. The zero-order chi connectivity index (χ0) is 14.8. The van der Waals surface area contributed by atoms with E-state index in [4.69, 9.17) is 16.3 Å². The highest BCUT2D eigenvalue weighted by atomic mass is 35.5. The topological polar surface area (TPSA) is 58.6 Å². The zero-order valence-electron chi connectivity index (χ0n) is 11.6. The van der Waals surface area contributed by atoms with Crippen LogP contribution < -0.4 is 9.46 Å². The van der Waals surface area contributed by atoms with Gasteiger partial charge in [-0.1, -0.05) is 11.6 Å². The first-order chi connectivity index (χ1) is 9.42. The predicted molar refractivity (Wildman–Crippen MR) is 78.8 cm³/mol. The second-order valence-electron chi connectivity index (χ2n) is 5.06. The van der Waals surface area contributed by atoms with E-state index in [0.29, 0.717) is 23.2 Å². The van der Waals surface area contributed by atoms with Crippen LogP contribution in [0, 0.1) is 5.92 Å². The molecule has 1 aliphatic rings. The van der Waals surface area contributed by atoms with Gasteiger partial charge in [0.15, 0.2) is 0 Å². The fourth-order valence-corrected chi connectivity index (χ4v) is 3.90. The highest BCUT2D eigenvalue weighted by Gasteiger charge is 2.24. The Labute approximate surface area is 124 Å². The molecule has 5 nitrogen and oxygen atoms in total. The minimum Gasteiger partial charge on any atom is -0.495 e. The maximum atomic E-state index is 12.3. The molecule has 1 aromatic carbocycles. The molecule has 112 valence electrons. The van der Waals surface area contributed by atoms with Crippen LogP contribution in [0.3, 0.4) is 0 Å². The van der Waals surface area contributed by atoms with Crippen molar-refractivity contribution in [1.29, 1.82) is 0 Å². The number of hydrogen-bond donors (Lipinski definition) is 1. The maximum Gasteiger partial charge on any atom is 0.244 e. The van der Waals surface area contributed by atoms with Crippen LogP contribution in [0.15, 0.2) is 23.1 Å². The normalized spacial score (nSPS) is 20.2. The van der Waals surface area contributed by atoms with E-state index in [9.17, 15) is 8.42 Å². The molecular weight excluding hydrogens is 300 g/mol. The fraction of sp³-hybridized carbons (Fsp3) is 0.538. The quantitative estimate of drug-likeness (QED) is 0.895. The van der Waals surface area contributed by atoms with Gasteiger partial charge in [-0.15, -0.1) is 0 Å². The minimum atomic E-state index is -3.61. The number of nitrogens with one attached hydrogen (secondary N) is 1. The average Bonchev–Trinajstić information content (AvgIpc) is 2.82. The van der Waals surface area contributed by atoms with Crippen molar-refractivity contribution in [2.45, 2.75) is 11.3 Å². The van der Waals surface area contributed by atoms with Gasteiger partial charge in [0.05, 0.1) is 7.11 Å². The largest absolute Gasteiger partial charge is 0.495 e. The molecule has 1 heterocycles. The summed E-state index contributed by atoms with van der Waals surface area (Å²) >= 11 is 5.87. The molecule has 20 heavy (non-hydrogen) atoms. The van der Waals surface area contributed by atoms with Crippen LogP contribution in [0.2, 0.25) is 5.02 Å². The molecule has 1 saturated heterocycles. The SMILES string of the molecule is COc1ccc(Cl)cc1S(=O)(=O)NCC1CCN(C)C1. The van der Waals surface area contributed by atoms with Crippen LogP contribution in [-0.2, 0) is 10.0 Å². The van der Waals surface area contributed by atoms with Crippen molar-refractivity contribution in [2.75, 3.05) is 33.8 Å². The summed E-state index contributed by atoms with van der Waals surface area (Å²) < 4.78 is 32.4. The monoisotopic (exact) mass is 318 g/mol. The summed E-state index contributed by atoms with van der Waals surface area (Å²) in [4.78, 5) is 2.28. The smallest absolute Gasteiger partial charge is 0.244 e. The number of halogens is 1. The lowest BCUT2D eigenvalue weighted by molar-refractivity contribution is 0.393. The van der Waals surface area contributed by atoms with Gasteiger partial charge in [-0.05, 0) is 44.1 Å². The van der Waals surface area contributed by atoms with Crippen molar-refractivity contribution < 1.29 is 13.2 Å². The lowest BCUT2D eigenvalue weighted by Crippen LogP contribution is -2.30. The van der Waals surface area contributed by atoms with Crippen molar-refractivity contribution in [3.05, 3.63) is 23.2 Å². The highest BCUT2D eigenvalue weighted by Crippen LogP contribution is 2.27. The molecule has 0 radical (unpaired) electrons. The summed E-state index contributed by atoms with van der Waals surface area (Å²) in [5.74, 6) is 0.644. The van der Waals surface area contributed by atoms with E-state index in [2.05, 4.69) is 9.62 Å². The van der Waals surface area contributed by atoms with Crippen molar-refractivity contribution in [3.8, 4) is 5.75 Å². The Hall–Kier alpha value is -0.820. The Bertz CT molecular complexity index is 577. The third-order valence-corrected chi connectivity index (χ3v) is 5.15. The third-order valence-electron chi connectivity index (χ3n) is 3.47. The van der Waals surface area contributed by atoms with E-state index in [-0.39, 0.29) is 4.90 Å². The number of methoxy groups -OCH3 is 1. The maximum absolute atomic E-state index is 12.3. The number of sulfonamides is 1. The van der Waals surface area contributed by atoms with E-state index in [0.717, 1.165) is 19.5 Å². The molecule has 0 bridgehead atoms. The summed E-state index contributed by atoms with van der Waals surface area (Å²) in [6, 6.07) is 4.56. The summed E-state index contributed by atoms with van der Waals surface area (Å²) in [5.41, 5.74) is 0. The number of benzene rings is 1. The van der Waals surface area contributed by atoms with Crippen LogP contribution in [0.1, 0.15) is 6.42 Å². The first kappa shape index (κ1) is 15.6. The first-order valence-electron chi connectivity index (χ1n) is 6.44. The zero-order valence-corrected chi connectivity index (χ0v) is 13.2. The Morgan fingerprint density at radius 3 is 2.85 bits per heavy atom. The van der Waals surface area contributed by atoms with Crippen LogP contribution in [-0.4, -0.2) is 47.1 Å². The Morgan fingerprint density at radius 1 is 1.50 bits per heavy atom. The van der Waals surface area contributed by atoms with Gasteiger partial charge in [0, 0.05) is 18.1 Å². The van der Waals surface area contributed by atoms with E-state index < -0.39 is 10.0 Å². The number of likely N-dealkylation sites (tertiary alicyclic amines) is 1. The molecule has 1 aliphatic heterocycles. The summed E-state index contributed by atoms with van der Waals surface area (Å²) in [7, 11) is -0.134. The highest BCUT2D eigenvalue weighted by molar-refractivity contribution is 7.89. The van der Waals surface area contributed by atoms with E-state index in [1.54, 1.807) is 12.1 Å². The standard InChI is InChI=1S/C13H19ClN2O3S/c1-16-6-5-10(9-16)8-15-20(17,18)13-7-11(14)3-4-12(13)19-2/h3-4,7,10,15H,5-6,8-9H2,1-2H3. The van der Waals surface area contributed by atoms with Crippen molar-refractivity contribution in [3.63, 3.8) is 0 Å². The molecule has 1 aromatic rings. The third kappa shape index (κ3) is 3.63. The van der Waals surface area contributed by atoms with Crippen LogP contribution >= 0.6 is 11.6 Å². The van der Waals surface area contributed by atoms with E-state index >= 15 is 0 Å². The summed E-state index contributed by atoms with van der Waals surface area (Å²) in [6.45, 7) is 2.35. The van der Waals surface area contributed by atoms with Gasteiger partial charge >= 0.3 is 0 Å². The molecule has 0 aromatic heterocycles. The Kier molecular flexibility index (Phi) is 4.90. The Balaban J connectivity index is 2.12. The molecule has 7 heteroatoms. The van der Waals surface area contributed by atoms with E-state index in [1.807, 2.05) is 7.05 Å². The number of nitrogens with zero attached hydrogens (tertiary/aromatic N) is 1. The molecule has 0 amide bonds. The molecule has 0 saturated carbocycles. The molecule has 1 fully saturated rings. The van der Waals surface area contributed by atoms with Gasteiger partial charge in [0.2, 0.25) is 10.0 Å². The predicted octanol–water partition coefficient (Wildman–Crippen LogP) is 1.58. The minimum absolute atomic E-state index is 0.0823. The first-order valence-corrected chi connectivity index (χ1v) is 8.30. The van der Waals surface area contributed by atoms with Crippen LogP contribution in [0.25, 0.3) is 0 Å². The molecule has 0 spiro atoms. The lowest BCUT2D eigenvalue weighted by Gasteiger charge is -2.14. The van der Waals surface area contributed by atoms with E-state index in [1.165, 1.54) is 13.2 Å². The number of ether oxygens (including phenoxy) is 1.